The zero-order chi connectivity index (χ0) is 12.3. The molecule has 16 heavy (non-hydrogen) atoms. The molecule has 0 aromatic rings. The molecule has 0 aliphatic carbocycles. The summed E-state index contributed by atoms with van der Waals surface area (Å²) in [4.78, 5) is 23.7. The second-order valence-corrected chi connectivity index (χ2v) is 5.00. The van der Waals surface area contributed by atoms with Gasteiger partial charge in [-0.2, -0.15) is 0 Å². The van der Waals surface area contributed by atoms with Crippen molar-refractivity contribution in [1.29, 1.82) is 0 Å². The van der Waals surface area contributed by atoms with Crippen molar-refractivity contribution in [1.82, 2.24) is 4.90 Å². The lowest BCUT2D eigenvalue weighted by Crippen LogP contribution is -2.42. The number of hydrogen-bond donors (Lipinski definition) is 1. The molecule has 0 unspecified atom stereocenters. The van der Waals surface area contributed by atoms with E-state index in [9.17, 15) is 14.7 Å². The summed E-state index contributed by atoms with van der Waals surface area (Å²) in [5.41, 5.74) is -0.559. The molecule has 92 valence electrons. The maximum absolute atomic E-state index is 11.8. The number of ether oxygens (including phenoxy) is 1. The number of rotatable bonds is 2. The van der Waals surface area contributed by atoms with E-state index in [1.807, 2.05) is 0 Å². The largest absolute Gasteiger partial charge is 0.444 e. The molecule has 5 heteroatoms. The summed E-state index contributed by atoms with van der Waals surface area (Å²) < 4.78 is 5.21. The van der Waals surface area contributed by atoms with E-state index in [1.165, 1.54) is 4.90 Å². The topological polar surface area (TPSA) is 66.8 Å². The smallest absolute Gasteiger partial charge is 0.410 e. The standard InChI is InChI=1S/C11H19NO4/c1-11(2,3)16-10(15)12-6-4-9(14)8(12)5-7-13/h7-9,14H,4-6H2,1-3H3/t8-,9+/m1/s1. The van der Waals surface area contributed by atoms with Crippen molar-refractivity contribution in [3.63, 3.8) is 0 Å². The predicted octanol–water partition coefficient (Wildman–Crippen LogP) is 0.946. The summed E-state index contributed by atoms with van der Waals surface area (Å²) in [5, 5.41) is 9.63. The summed E-state index contributed by atoms with van der Waals surface area (Å²) >= 11 is 0. The van der Waals surface area contributed by atoms with Crippen molar-refractivity contribution >= 4 is 12.4 Å². The molecule has 1 aliphatic rings. The maximum Gasteiger partial charge on any atom is 0.410 e. The average molecular weight is 229 g/mol. The number of carbonyl (C=O) groups is 2. The first-order chi connectivity index (χ1) is 7.35. The number of aliphatic hydroxyl groups excluding tert-OH is 1. The molecule has 0 spiro atoms. The maximum atomic E-state index is 11.8. The minimum atomic E-state index is -0.627. The Morgan fingerprint density at radius 3 is 2.69 bits per heavy atom. The summed E-state index contributed by atoms with van der Waals surface area (Å²) in [6.45, 7) is 5.79. The fourth-order valence-electron chi connectivity index (χ4n) is 1.77. The zero-order valence-corrected chi connectivity index (χ0v) is 9.97. The monoisotopic (exact) mass is 229 g/mol. The van der Waals surface area contributed by atoms with Gasteiger partial charge in [0, 0.05) is 13.0 Å². The molecule has 1 heterocycles. The molecular formula is C11H19NO4. The Morgan fingerprint density at radius 2 is 2.19 bits per heavy atom. The predicted molar refractivity (Wildman–Crippen MR) is 58.0 cm³/mol. The number of amides is 1. The molecule has 1 rings (SSSR count). The van der Waals surface area contributed by atoms with Crippen LogP contribution in [0.4, 0.5) is 4.79 Å². The van der Waals surface area contributed by atoms with E-state index in [1.54, 1.807) is 20.8 Å². The summed E-state index contributed by atoms with van der Waals surface area (Å²) in [7, 11) is 0. The van der Waals surface area contributed by atoms with Crippen LogP contribution in [0.2, 0.25) is 0 Å². The van der Waals surface area contributed by atoms with Crippen LogP contribution in [0.5, 0.6) is 0 Å². The van der Waals surface area contributed by atoms with Crippen LogP contribution in [0.25, 0.3) is 0 Å². The van der Waals surface area contributed by atoms with Crippen molar-refractivity contribution in [2.24, 2.45) is 0 Å². The van der Waals surface area contributed by atoms with E-state index in [2.05, 4.69) is 0 Å². The molecule has 1 aliphatic heterocycles. The molecule has 5 nitrogen and oxygen atoms in total. The molecule has 1 saturated heterocycles. The number of carbonyl (C=O) groups excluding carboxylic acids is 2. The van der Waals surface area contributed by atoms with E-state index < -0.39 is 23.8 Å². The molecule has 1 amide bonds. The van der Waals surface area contributed by atoms with Crippen molar-refractivity contribution < 1.29 is 19.4 Å². The first-order valence-corrected chi connectivity index (χ1v) is 5.46. The molecule has 0 saturated carbocycles. The molecule has 0 bridgehead atoms. The SMILES string of the molecule is CC(C)(C)OC(=O)N1CC[C@H](O)[C@H]1CC=O. The van der Waals surface area contributed by atoms with Crippen LogP contribution in [0, 0.1) is 0 Å². The van der Waals surface area contributed by atoms with E-state index in [-0.39, 0.29) is 6.42 Å². The van der Waals surface area contributed by atoms with Crippen molar-refractivity contribution in [3.8, 4) is 0 Å². The van der Waals surface area contributed by atoms with Gasteiger partial charge in [0.1, 0.15) is 11.9 Å². The average Bonchev–Trinajstić information content (AvgIpc) is 2.46. The Hall–Kier alpha value is -1.10. The minimum absolute atomic E-state index is 0.153. The molecule has 0 aromatic carbocycles. The lowest BCUT2D eigenvalue weighted by Gasteiger charge is -2.28. The third kappa shape index (κ3) is 3.20. The van der Waals surface area contributed by atoms with Crippen LogP contribution < -0.4 is 0 Å². The highest BCUT2D eigenvalue weighted by molar-refractivity contribution is 5.70. The number of aldehydes is 1. The fourth-order valence-corrected chi connectivity index (χ4v) is 1.77. The Morgan fingerprint density at radius 1 is 1.56 bits per heavy atom. The first-order valence-electron chi connectivity index (χ1n) is 5.46. The van der Waals surface area contributed by atoms with Crippen LogP contribution in [0.15, 0.2) is 0 Å². The van der Waals surface area contributed by atoms with Crippen molar-refractivity contribution in [2.45, 2.75) is 51.4 Å². The Balaban J connectivity index is 2.64. The first kappa shape index (κ1) is 13.0. The van der Waals surface area contributed by atoms with Crippen molar-refractivity contribution in [3.05, 3.63) is 0 Å². The zero-order valence-electron chi connectivity index (χ0n) is 9.97. The van der Waals surface area contributed by atoms with Crippen LogP contribution in [0.1, 0.15) is 33.6 Å². The van der Waals surface area contributed by atoms with Crippen LogP contribution in [0.3, 0.4) is 0 Å². The van der Waals surface area contributed by atoms with Crippen LogP contribution in [-0.2, 0) is 9.53 Å². The number of likely N-dealkylation sites (tertiary alicyclic amines) is 1. The second-order valence-electron chi connectivity index (χ2n) is 5.00. The van der Waals surface area contributed by atoms with Crippen molar-refractivity contribution in [2.75, 3.05) is 6.54 Å². The molecule has 0 radical (unpaired) electrons. The third-order valence-electron chi connectivity index (χ3n) is 2.48. The van der Waals surface area contributed by atoms with Gasteiger partial charge in [0.25, 0.3) is 0 Å². The van der Waals surface area contributed by atoms with Gasteiger partial charge in [-0.25, -0.2) is 4.79 Å². The normalized spacial score (nSPS) is 25.6. The highest BCUT2D eigenvalue weighted by Crippen LogP contribution is 2.22. The Kier molecular flexibility index (Phi) is 3.91. The fraction of sp³-hybridized carbons (Fsp3) is 0.818. The van der Waals surface area contributed by atoms with Gasteiger partial charge in [0.2, 0.25) is 0 Å². The molecular weight excluding hydrogens is 210 g/mol. The Bertz CT molecular complexity index is 272. The number of hydrogen-bond acceptors (Lipinski definition) is 4. The minimum Gasteiger partial charge on any atom is -0.444 e. The van der Waals surface area contributed by atoms with Gasteiger partial charge in [-0.1, -0.05) is 0 Å². The number of aliphatic hydroxyl groups is 1. The van der Waals surface area contributed by atoms with Gasteiger partial charge < -0.3 is 19.5 Å². The summed E-state index contributed by atoms with van der Waals surface area (Å²) in [5.74, 6) is 0. The second kappa shape index (κ2) is 4.82. The van der Waals surface area contributed by atoms with Gasteiger partial charge in [-0.15, -0.1) is 0 Å². The van der Waals surface area contributed by atoms with E-state index in [4.69, 9.17) is 4.74 Å². The number of nitrogens with zero attached hydrogens (tertiary/aromatic N) is 1. The lowest BCUT2D eigenvalue weighted by atomic mass is 10.1. The van der Waals surface area contributed by atoms with E-state index in [0.29, 0.717) is 13.0 Å². The quantitative estimate of drug-likeness (QED) is 0.716. The highest BCUT2D eigenvalue weighted by Gasteiger charge is 2.37. The van der Waals surface area contributed by atoms with Gasteiger partial charge in [0.05, 0.1) is 12.1 Å². The Labute approximate surface area is 95.4 Å². The summed E-state index contributed by atoms with van der Waals surface area (Å²) in [6.07, 6.45) is 0.281. The van der Waals surface area contributed by atoms with E-state index in [0.717, 1.165) is 6.29 Å². The summed E-state index contributed by atoms with van der Waals surface area (Å²) in [6, 6.07) is -0.438. The van der Waals surface area contributed by atoms with Gasteiger partial charge in [-0.05, 0) is 27.2 Å². The lowest BCUT2D eigenvalue weighted by molar-refractivity contribution is -0.109. The molecule has 0 aromatic heterocycles. The third-order valence-corrected chi connectivity index (χ3v) is 2.48. The van der Waals surface area contributed by atoms with Gasteiger partial charge in [-0.3, -0.25) is 0 Å². The van der Waals surface area contributed by atoms with E-state index >= 15 is 0 Å². The highest BCUT2D eigenvalue weighted by atomic mass is 16.6. The molecule has 1 fully saturated rings. The van der Waals surface area contributed by atoms with Crippen LogP contribution >= 0.6 is 0 Å². The molecule has 2 atom stereocenters. The van der Waals surface area contributed by atoms with Gasteiger partial charge in [0.15, 0.2) is 0 Å². The molecule has 1 N–H and O–H groups in total. The van der Waals surface area contributed by atoms with Gasteiger partial charge >= 0.3 is 6.09 Å². The van der Waals surface area contributed by atoms with Crippen LogP contribution in [-0.4, -0.2) is 46.7 Å².